The van der Waals surface area contributed by atoms with Crippen LogP contribution in [0.5, 0.6) is 17.2 Å². The van der Waals surface area contributed by atoms with E-state index < -0.39 is 0 Å². The number of benzene rings is 1. The van der Waals surface area contributed by atoms with Gasteiger partial charge in [-0.2, -0.15) is 0 Å². The molecule has 0 aliphatic heterocycles. The van der Waals surface area contributed by atoms with Gasteiger partial charge in [0.25, 0.3) is 0 Å². The van der Waals surface area contributed by atoms with Crippen molar-refractivity contribution in [3.8, 4) is 17.2 Å². The van der Waals surface area contributed by atoms with Crippen molar-refractivity contribution in [3.63, 3.8) is 0 Å². The fourth-order valence-electron chi connectivity index (χ4n) is 1.96. The lowest BCUT2D eigenvalue weighted by molar-refractivity contribution is 0.366. The average Bonchev–Trinajstić information content (AvgIpc) is 2.43. The topological polar surface area (TPSA) is 34.6 Å². The fourth-order valence-corrected chi connectivity index (χ4v) is 2.12. The normalized spacial score (nSPS) is 10.8. The second-order valence-corrected chi connectivity index (χ2v) is 5.50. The lowest BCUT2D eigenvalue weighted by atomic mass is 10.2. The van der Waals surface area contributed by atoms with Gasteiger partial charge < -0.3 is 14.4 Å². The van der Waals surface area contributed by atoms with Crippen molar-refractivity contribution in [2.24, 2.45) is 0 Å². The lowest BCUT2D eigenvalue weighted by Crippen LogP contribution is -2.12. The highest BCUT2D eigenvalue weighted by atomic mass is 35.5. The minimum absolute atomic E-state index is 0.604. The molecule has 4 nitrogen and oxygen atoms in total. The maximum absolute atomic E-state index is 6.02. The van der Waals surface area contributed by atoms with Gasteiger partial charge in [0.2, 0.25) is 0 Å². The summed E-state index contributed by atoms with van der Waals surface area (Å²) in [6, 6.07) is 7.23. The molecule has 2 rings (SSSR count). The zero-order valence-corrected chi connectivity index (χ0v) is 13.4. The molecule has 0 aliphatic rings. The van der Waals surface area contributed by atoms with Gasteiger partial charge in [-0.1, -0.05) is 11.6 Å². The first-order valence-electron chi connectivity index (χ1n) is 6.61. The standard InChI is InChI=1S/C16H19ClN2O2/c1-11-7-15(12(9-18-11)10-19(2)3)21-14-6-5-13(17)8-16(14)20-4/h5-9H,10H2,1-4H3. The van der Waals surface area contributed by atoms with Gasteiger partial charge >= 0.3 is 0 Å². The van der Waals surface area contributed by atoms with E-state index in [9.17, 15) is 0 Å². The van der Waals surface area contributed by atoms with Crippen LogP contribution in [0, 0.1) is 6.92 Å². The van der Waals surface area contributed by atoms with Gasteiger partial charge in [0, 0.05) is 41.2 Å². The molecule has 0 amide bonds. The van der Waals surface area contributed by atoms with Crippen molar-refractivity contribution >= 4 is 11.6 Å². The molecule has 0 aliphatic carbocycles. The van der Waals surface area contributed by atoms with Crippen LogP contribution in [0.25, 0.3) is 0 Å². The zero-order valence-electron chi connectivity index (χ0n) is 12.7. The summed E-state index contributed by atoms with van der Waals surface area (Å²) in [7, 11) is 5.61. The molecule has 1 aromatic carbocycles. The average molecular weight is 307 g/mol. The number of aryl methyl sites for hydroxylation is 1. The number of hydrogen-bond acceptors (Lipinski definition) is 4. The van der Waals surface area contributed by atoms with Crippen LogP contribution in [-0.4, -0.2) is 31.1 Å². The first-order chi connectivity index (χ1) is 9.99. The summed E-state index contributed by atoms with van der Waals surface area (Å²) >= 11 is 5.97. The summed E-state index contributed by atoms with van der Waals surface area (Å²) < 4.78 is 11.3. The van der Waals surface area contributed by atoms with Crippen molar-refractivity contribution in [1.82, 2.24) is 9.88 Å². The lowest BCUT2D eigenvalue weighted by Gasteiger charge is -2.16. The van der Waals surface area contributed by atoms with E-state index >= 15 is 0 Å². The minimum Gasteiger partial charge on any atom is -0.493 e. The summed E-state index contributed by atoms with van der Waals surface area (Å²) in [6.07, 6.45) is 1.84. The van der Waals surface area contributed by atoms with Crippen LogP contribution in [0.4, 0.5) is 0 Å². The van der Waals surface area contributed by atoms with Crippen LogP contribution >= 0.6 is 11.6 Å². The number of nitrogens with zero attached hydrogens (tertiary/aromatic N) is 2. The molecule has 112 valence electrons. The second kappa shape index (κ2) is 6.78. The third-order valence-corrected chi connectivity index (χ3v) is 3.15. The number of aromatic nitrogens is 1. The molecule has 0 atom stereocenters. The molecule has 0 unspecified atom stereocenters. The van der Waals surface area contributed by atoms with Crippen LogP contribution < -0.4 is 9.47 Å². The summed E-state index contributed by atoms with van der Waals surface area (Å²) in [5, 5.41) is 0.610. The van der Waals surface area contributed by atoms with Gasteiger partial charge in [-0.3, -0.25) is 4.98 Å². The van der Waals surface area contributed by atoms with Crippen molar-refractivity contribution < 1.29 is 9.47 Å². The van der Waals surface area contributed by atoms with Gasteiger partial charge in [-0.05, 0) is 33.2 Å². The quantitative estimate of drug-likeness (QED) is 0.839. The Morgan fingerprint density at radius 1 is 1.14 bits per heavy atom. The van der Waals surface area contributed by atoms with Crippen LogP contribution in [0.2, 0.25) is 5.02 Å². The van der Waals surface area contributed by atoms with Crippen molar-refractivity contribution in [2.75, 3.05) is 21.2 Å². The van der Waals surface area contributed by atoms with E-state index in [2.05, 4.69) is 9.88 Å². The second-order valence-electron chi connectivity index (χ2n) is 5.07. The van der Waals surface area contributed by atoms with Crippen LogP contribution in [0.15, 0.2) is 30.5 Å². The molecule has 1 aromatic heterocycles. The molecule has 0 bridgehead atoms. The Morgan fingerprint density at radius 3 is 2.57 bits per heavy atom. The van der Waals surface area contributed by atoms with Gasteiger partial charge in [0.1, 0.15) is 5.75 Å². The molecule has 0 saturated carbocycles. The Bertz CT molecular complexity index is 630. The maximum atomic E-state index is 6.02. The van der Waals surface area contributed by atoms with Gasteiger partial charge in [0.15, 0.2) is 11.5 Å². The Labute approximate surface area is 130 Å². The number of halogens is 1. The molecule has 0 N–H and O–H groups in total. The summed E-state index contributed by atoms with van der Waals surface area (Å²) in [4.78, 5) is 6.40. The molecule has 0 spiro atoms. The van der Waals surface area contributed by atoms with Gasteiger partial charge in [0.05, 0.1) is 7.11 Å². The largest absolute Gasteiger partial charge is 0.493 e. The highest BCUT2D eigenvalue weighted by Gasteiger charge is 2.11. The number of ether oxygens (including phenoxy) is 2. The van der Waals surface area contributed by atoms with E-state index in [0.29, 0.717) is 16.5 Å². The van der Waals surface area contributed by atoms with Crippen LogP contribution in [0.3, 0.4) is 0 Å². The summed E-state index contributed by atoms with van der Waals surface area (Å²) in [6.45, 7) is 2.68. The number of rotatable bonds is 5. The number of pyridine rings is 1. The van der Waals surface area contributed by atoms with Crippen molar-refractivity contribution in [1.29, 1.82) is 0 Å². The van der Waals surface area contributed by atoms with Crippen molar-refractivity contribution in [3.05, 3.63) is 46.7 Å². The van der Waals surface area contributed by atoms with E-state index in [1.54, 1.807) is 25.3 Å². The Balaban J connectivity index is 2.36. The van der Waals surface area contributed by atoms with E-state index in [0.717, 1.165) is 23.6 Å². The highest BCUT2D eigenvalue weighted by Crippen LogP contribution is 2.35. The van der Waals surface area contributed by atoms with Gasteiger partial charge in [-0.15, -0.1) is 0 Å². The van der Waals surface area contributed by atoms with Crippen molar-refractivity contribution in [2.45, 2.75) is 13.5 Å². The van der Waals surface area contributed by atoms with Crippen LogP contribution in [0.1, 0.15) is 11.3 Å². The predicted octanol–water partition coefficient (Wildman–Crippen LogP) is 3.91. The molecule has 0 fully saturated rings. The molecule has 2 aromatic rings. The number of methoxy groups -OCH3 is 1. The molecule has 5 heteroatoms. The zero-order chi connectivity index (χ0) is 15.4. The molecule has 1 heterocycles. The molecule has 0 saturated heterocycles. The summed E-state index contributed by atoms with van der Waals surface area (Å²) in [5.41, 5.74) is 1.92. The Kier molecular flexibility index (Phi) is 5.04. The smallest absolute Gasteiger partial charge is 0.169 e. The maximum Gasteiger partial charge on any atom is 0.169 e. The molecule has 0 radical (unpaired) electrons. The first-order valence-corrected chi connectivity index (χ1v) is 6.99. The fraction of sp³-hybridized carbons (Fsp3) is 0.312. The SMILES string of the molecule is COc1cc(Cl)ccc1Oc1cc(C)ncc1CN(C)C. The molecule has 21 heavy (non-hydrogen) atoms. The Morgan fingerprint density at radius 2 is 1.90 bits per heavy atom. The molecular weight excluding hydrogens is 288 g/mol. The van der Waals surface area contributed by atoms with E-state index in [1.807, 2.05) is 33.3 Å². The Hall–Kier alpha value is -1.78. The molecular formula is C16H19ClN2O2. The van der Waals surface area contributed by atoms with E-state index in [4.69, 9.17) is 21.1 Å². The minimum atomic E-state index is 0.604. The van der Waals surface area contributed by atoms with E-state index in [-0.39, 0.29) is 0 Å². The van der Waals surface area contributed by atoms with Crippen LogP contribution in [-0.2, 0) is 6.54 Å². The highest BCUT2D eigenvalue weighted by molar-refractivity contribution is 6.30. The third kappa shape index (κ3) is 4.09. The van der Waals surface area contributed by atoms with E-state index in [1.165, 1.54) is 0 Å². The van der Waals surface area contributed by atoms with Gasteiger partial charge in [-0.25, -0.2) is 0 Å². The first kappa shape index (κ1) is 15.6. The predicted molar refractivity (Wildman–Crippen MR) is 84.4 cm³/mol. The third-order valence-electron chi connectivity index (χ3n) is 2.91. The number of hydrogen-bond donors (Lipinski definition) is 0. The monoisotopic (exact) mass is 306 g/mol. The summed E-state index contributed by atoms with van der Waals surface area (Å²) in [5.74, 6) is 2.01.